The monoisotopic (exact) mass is 677 g/mol. The molecular formula is C45H33N4O3+. The molecule has 3 heterocycles. The zero-order valence-electron chi connectivity index (χ0n) is 28.3. The average molecular weight is 678 g/mol. The number of fused-ring (bicyclic) bond motifs is 4. The van der Waals surface area contributed by atoms with Crippen LogP contribution in [-0.2, 0) is 17.4 Å². The molecule has 0 aliphatic carbocycles. The number of carbonyl (C=O) groups excluding carboxylic acids is 1. The minimum atomic E-state index is -0.846. The van der Waals surface area contributed by atoms with Crippen LogP contribution < -0.4 is 4.57 Å². The number of hydrogen-bond donors (Lipinski definition) is 1. The first-order chi connectivity index (χ1) is 25.6. The molecule has 0 radical (unpaired) electrons. The quantitative estimate of drug-likeness (QED) is 0.0791. The van der Waals surface area contributed by atoms with Crippen LogP contribution in [0.15, 0.2) is 176 Å². The number of imidazole rings is 1. The summed E-state index contributed by atoms with van der Waals surface area (Å²) in [5.74, 6) is -0.313. The molecule has 0 saturated heterocycles. The summed E-state index contributed by atoms with van der Waals surface area (Å²) in [6.45, 7) is 0. The average Bonchev–Trinajstić information content (AvgIpc) is 3.73. The van der Waals surface area contributed by atoms with Gasteiger partial charge in [-0.2, -0.15) is 9.82 Å². The lowest BCUT2D eigenvalue weighted by molar-refractivity contribution is -0.645. The van der Waals surface area contributed by atoms with Crippen molar-refractivity contribution >= 4 is 38.8 Å². The Bertz CT molecular complexity index is 2730. The molecule has 250 valence electrons. The van der Waals surface area contributed by atoms with E-state index in [1.165, 1.54) is 6.07 Å². The Morgan fingerprint density at radius 3 is 2.02 bits per heavy atom. The summed E-state index contributed by atoms with van der Waals surface area (Å²) >= 11 is 0. The van der Waals surface area contributed by atoms with Crippen molar-refractivity contribution in [1.29, 1.82) is 0 Å². The molecule has 7 heteroatoms. The molecule has 9 aromatic rings. The van der Waals surface area contributed by atoms with Crippen molar-refractivity contribution in [2.75, 3.05) is 0 Å². The highest BCUT2D eigenvalue weighted by Crippen LogP contribution is 2.47. The topological polar surface area (TPSA) is 73.2 Å². The number of aromatic nitrogens is 4. The van der Waals surface area contributed by atoms with Gasteiger partial charge in [0.15, 0.2) is 11.0 Å². The molecule has 0 bridgehead atoms. The SMILES string of the molecule is C[n+]1cn(-c2cccc(C(c3ccccc3)(c3ccccc3)c3ccc4c5ccccc5n(-c5cc(C(=O)OO)ccn5)c4c3)c2)c2ccccc21. The molecule has 0 saturated carbocycles. The van der Waals surface area contributed by atoms with Crippen LogP contribution in [0, 0.1) is 0 Å². The van der Waals surface area contributed by atoms with Crippen molar-refractivity contribution in [3.63, 3.8) is 0 Å². The number of carbonyl (C=O) groups is 1. The van der Waals surface area contributed by atoms with Crippen molar-refractivity contribution < 1.29 is 19.5 Å². The zero-order chi connectivity index (χ0) is 35.2. The number of benzene rings is 6. The van der Waals surface area contributed by atoms with Crippen LogP contribution in [0.25, 0.3) is 44.3 Å². The zero-order valence-corrected chi connectivity index (χ0v) is 28.3. The Morgan fingerprint density at radius 2 is 1.27 bits per heavy atom. The lowest BCUT2D eigenvalue weighted by atomic mass is 9.65. The molecule has 3 aromatic heterocycles. The van der Waals surface area contributed by atoms with E-state index in [4.69, 9.17) is 10.2 Å². The van der Waals surface area contributed by atoms with Gasteiger partial charge in [0.2, 0.25) is 6.33 Å². The molecule has 0 spiro atoms. The number of hydrogen-bond acceptors (Lipinski definition) is 4. The summed E-state index contributed by atoms with van der Waals surface area (Å²) in [5.41, 5.74) is 9.05. The molecular weight excluding hydrogens is 645 g/mol. The molecule has 1 N–H and O–H groups in total. The first-order valence-corrected chi connectivity index (χ1v) is 17.1. The summed E-state index contributed by atoms with van der Waals surface area (Å²) in [5, 5.41) is 11.3. The van der Waals surface area contributed by atoms with Crippen LogP contribution in [0.3, 0.4) is 0 Å². The molecule has 0 amide bonds. The third-order valence-electron chi connectivity index (χ3n) is 10.2. The molecule has 0 fully saturated rings. The van der Waals surface area contributed by atoms with Crippen LogP contribution in [0.4, 0.5) is 0 Å². The van der Waals surface area contributed by atoms with Gasteiger partial charge in [-0.3, -0.25) is 9.45 Å². The van der Waals surface area contributed by atoms with Crippen LogP contribution in [0.5, 0.6) is 0 Å². The van der Waals surface area contributed by atoms with Gasteiger partial charge in [0, 0.05) is 17.0 Å². The second-order valence-electron chi connectivity index (χ2n) is 13.0. The Kier molecular flexibility index (Phi) is 7.49. The highest BCUT2D eigenvalue weighted by atomic mass is 17.1. The van der Waals surface area contributed by atoms with Gasteiger partial charge in [0.25, 0.3) is 0 Å². The lowest BCUT2D eigenvalue weighted by Crippen LogP contribution is -2.31. The fourth-order valence-electron chi connectivity index (χ4n) is 7.91. The molecule has 0 aliphatic heterocycles. The second kappa shape index (κ2) is 12.5. The number of aryl methyl sites for hydroxylation is 1. The third-order valence-corrected chi connectivity index (χ3v) is 10.2. The first kappa shape index (κ1) is 31.2. The van der Waals surface area contributed by atoms with Gasteiger partial charge in [-0.15, -0.1) is 0 Å². The maximum atomic E-state index is 12.4. The van der Waals surface area contributed by atoms with Crippen molar-refractivity contribution in [2.45, 2.75) is 5.41 Å². The third kappa shape index (κ3) is 4.82. The van der Waals surface area contributed by atoms with E-state index >= 15 is 0 Å². The largest absolute Gasteiger partial charge is 0.372 e. The van der Waals surface area contributed by atoms with Gasteiger partial charge in [0.05, 0.1) is 29.1 Å². The number of rotatable bonds is 7. The smallest absolute Gasteiger partial charge is 0.296 e. The minimum Gasteiger partial charge on any atom is -0.296 e. The van der Waals surface area contributed by atoms with Crippen LogP contribution in [0.2, 0.25) is 0 Å². The Hall–Kier alpha value is -6.83. The number of nitrogens with zero attached hydrogens (tertiary/aromatic N) is 4. The van der Waals surface area contributed by atoms with Gasteiger partial charge in [-0.25, -0.2) is 14.3 Å². The van der Waals surface area contributed by atoms with Gasteiger partial charge in [0.1, 0.15) is 11.5 Å². The molecule has 0 atom stereocenters. The van der Waals surface area contributed by atoms with Gasteiger partial charge >= 0.3 is 5.97 Å². The van der Waals surface area contributed by atoms with Gasteiger partial charge in [-0.05, 0) is 70.8 Å². The maximum absolute atomic E-state index is 12.4. The fourth-order valence-corrected chi connectivity index (χ4v) is 7.91. The van der Waals surface area contributed by atoms with Crippen molar-refractivity contribution in [1.82, 2.24) is 14.1 Å². The summed E-state index contributed by atoms with van der Waals surface area (Å²) in [7, 11) is 2.08. The van der Waals surface area contributed by atoms with E-state index in [1.54, 1.807) is 12.3 Å². The Morgan fingerprint density at radius 1 is 0.635 bits per heavy atom. The molecule has 0 unspecified atom stereocenters. The lowest BCUT2D eigenvalue weighted by Gasteiger charge is -2.37. The van der Waals surface area contributed by atoms with E-state index in [-0.39, 0.29) is 5.56 Å². The highest BCUT2D eigenvalue weighted by molar-refractivity contribution is 6.09. The molecule has 6 aromatic carbocycles. The van der Waals surface area contributed by atoms with Crippen LogP contribution in [-0.4, -0.2) is 25.3 Å². The summed E-state index contributed by atoms with van der Waals surface area (Å²) in [6.07, 6.45) is 3.69. The highest BCUT2D eigenvalue weighted by Gasteiger charge is 2.39. The van der Waals surface area contributed by atoms with E-state index in [1.807, 2.05) is 12.1 Å². The predicted molar refractivity (Wildman–Crippen MR) is 203 cm³/mol. The van der Waals surface area contributed by atoms with E-state index in [9.17, 15) is 4.79 Å². The van der Waals surface area contributed by atoms with Crippen molar-refractivity contribution in [3.8, 4) is 11.5 Å². The number of para-hydroxylation sites is 3. The predicted octanol–water partition coefficient (Wildman–Crippen LogP) is 8.96. The van der Waals surface area contributed by atoms with Crippen LogP contribution in [0.1, 0.15) is 32.6 Å². The van der Waals surface area contributed by atoms with Crippen molar-refractivity contribution in [2.24, 2.45) is 7.05 Å². The summed E-state index contributed by atoms with van der Waals surface area (Å²) in [4.78, 5) is 21.2. The van der Waals surface area contributed by atoms with Crippen molar-refractivity contribution in [3.05, 3.63) is 204 Å². The van der Waals surface area contributed by atoms with Gasteiger partial charge in [-0.1, -0.05) is 115 Å². The number of pyridine rings is 1. The summed E-state index contributed by atoms with van der Waals surface area (Å²) < 4.78 is 6.47. The maximum Gasteiger partial charge on any atom is 0.372 e. The molecule has 52 heavy (non-hydrogen) atoms. The van der Waals surface area contributed by atoms with Gasteiger partial charge < -0.3 is 0 Å². The van der Waals surface area contributed by atoms with E-state index in [2.05, 4.69) is 171 Å². The Labute approximate surface area is 299 Å². The first-order valence-electron chi connectivity index (χ1n) is 17.1. The molecule has 7 nitrogen and oxygen atoms in total. The molecule has 0 aliphatic rings. The molecule has 9 rings (SSSR count). The fraction of sp³-hybridized carbons (Fsp3) is 0.0444. The normalized spacial score (nSPS) is 11.7. The summed E-state index contributed by atoms with van der Waals surface area (Å²) in [6, 6.07) is 56.6. The standard InChI is InChI=1S/C45H32N4O3/c1-47-30-48(41-22-11-10-21-40(41)47)36-18-12-17-34(28-36)45(32-13-4-2-5-14-32,33-15-6-3-7-16-33)35-23-24-38-37-19-8-9-20-39(37)49(42(38)29-35)43-27-31(25-26-46-43)44(50)52-51/h2-30H,1H3/p+1. The van der Waals surface area contributed by atoms with Crippen LogP contribution >= 0.6 is 0 Å². The Balaban J connectivity index is 1.37. The van der Waals surface area contributed by atoms with E-state index in [0.29, 0.717) is 5.82 Å². The minimum absolute atomic E-state index is 0.195. The van der Waals surface area contributed by atoms with E-state index in [0.717, 1.165) is 60.8 Å². The van der Waals surface area contributed by atoms with E-state index < -0.39 is 11.4 Å². The second-order valence-corrected chi connectivity index (χ2v) is 13.0.